The highest BCUT2D eigenvalue weighted by Gasteiger charge is 2.35. The van der Waals surface area contributed by atoms with Crippen molar-refractivity contribution in [3.8, 4) is 5.75 Å². The Labute approximate surface area is 143 Å². The summed E-state index contributed by atoms with van der Waals surface area (Å²) in [5, 5.41) is 13.8. The van der Waals surface area contributed by atoms with Crippen LogP contribution in [0.4, 0.5) is 0 Å². The molecule has 2 aromatic rings. The van der Waals surface area contributed by atoms with E-state index in [1.54, 1.807) is 6.07 Å². The minimum atomic E-state index is -0.00395. The molecule has 1 aliphatic carbocycles. The zero-order chi connectivity index (χ0) is 16.9. The van der Waals surface area contributed by atoms with Crippen LogP contribution in [0.3, 0.4) is 0 Å². The number of aromatic nitrogens is 2. The van der Waals surface area contributed by atoms with Crippen LogP contribution in [-0.2, 0) is 0 Å². The molecule has 24 heavy (non-hydrogen) atoms. The summed E-state index contributed by atoms with van der Waals surface area (Å²) in [6, 6.07) is 3.75. The molecule has 1 aromatic carbocycles. The summed E-state index contributed by atoms with van der Waals surface area (Å²) in [7, 11) is 0. The molecular weight excluding hydrogens is 298 g/mol. The molecule has 0 bridgehead atoms. The first-order valence-electron chi connectivity index (χ1n) is 9.10. The van der Waals surface area contributed by atoms with Crippen LogP contribution in [0.1, 0.15) is 56.8 Å². The first-order valence-corrected chi connectivity index (χ1v) is 9.10. The molecule has 2 fully saturated rings. The molecule has 4 heteroatoms. The van der Waals surface area contributed by atoms with E-state index < -0.39 is 0 Å². The van der Waals surface area contributed by atoms with E-state index in [4.69, 9.17) is 4.98 Å². The van der Waals surface area contributed by atoms with Gasteiger partial charge in [-0.25, -0.2) is 4.98 Å². The molecule has 1 saturated heterocycles. The number of nitrogens with one attached hydrogen (secondary N) is 2. The summed E-state index contributed by atoms with van der Waals surface area (Å²) >= 11 is 0. The number of allylic oxidation sites excluding steroid dienone is 1. The fourth-order valence-electron chi connectivity index (χ4n) is 3.95. The number of aromatic hydroxyl groups is 1. The van der Waals surface area contributed by atoms with E-state index in [-0.39, 0.29) is 11.2 Å². The van der Waals surface area contributed by atoms with Crippen molar-refractivity contribution in [1.29, 1.82) is 0 Å². The van der Waals surface area contributed by atoms with Gasteiger partial charge in [0.2, 0.25) is 0 Å². The van der Waals surface area contributed by atoms with Crippen molar-refractivity contribution in [3.63, 3.8) is 0 Å². The number of nitrogens with zero attached hydrogens (tertiary/aromatic N) is 1. The minimum absolute atomic E-state index is 0.00395. The standard InChI is InChI=1S/C20H27N3O/c1-12(20(2,3)14-5-4-10-21-11-14)15-8-9-16(24)18-17(15)22-19(23-18)13-6-7-13/h8-9,13-14,21,24H,1,4-7,10-11H2,2-3H3,(H,22,23). The maximum Gasteiger partial charge on any atom is 0.141 e. The Morgan fingerprint density at radius 2 is 2.08 bits per heavy atom. The molecule has 1 aromatic heterocycles. The average molecular weight is 325 g/mol. The maximum absolute atomic E-state index is 10.2. The highest BCUT2D eigenvalue weighted by Crippen LogP contribution is 2.46. The van der Waals surface area contributed by atoms with Gasteiger partial charge in [0, 0.05) is 11.5 Å². The normalized spacial score (nSPS) is 22.0. The van der Waals surface area contributed by atoms with Crippen molar-refractivity contribution in [2.24, 2.45) is 11.3 Å². The van der Waals surface area contributed by atoms with Crippen LogP contribution in [0, 0.1) is 11.3 Å². The van der Waals surface area contributed by atoms with E-state index in [0.29, 0.717) is 11.8 Å². The molecule has 1 saturated carbocycles. The number of hydrogen-bond acceptors (Lipinski definition) is 3. The Morgan fingerprint density at radius 3 is 2.75 bits per heavy atom. The average Bonchev–Trinajstić information content (AvgIpc) is 3.34. The summed E-state index contributed by atoms with van der Waals surface area (Å²) in [5.74, 6) is 2.40. The van der Waals surface area contributed by atoms with Gasteiger partial charge in [-0.1, -0.05) is 20.4 Å². The number of rotatable bonds is 4. The second-order valence-electron chi connectivity index (χ2n) is 8.00. The molecule has 1 atom stereocenters. The van der Waals surface area contributed by atoms with Gasteiger partial charge in [-0.15, -0.1) is 0 Å². The van der Waals surface area contributed by atoms with Gasteiger partial charge in [0.15, 0.2) is 0 Å². The number of H-pyrrole nitrogens is 1. The largest absolute Gasteiger partial charge is 0.506 e. The van der Waals surface area contributed by atoms with Crippen LogP contribution in [0.15, 0.2) is 18.7 Å². The molecule has 3 N–H and O–H groups in total. The number of phenolic OH excluding ortho intramolecular Hbond substituents is 1. The number of piperidine rings is 1. The monoisotopic (exact) mass is 325 g/mol. The fraction of sp³-hybridized carbons (Fsp3) is 0.550. The van der Waals surface area contributed by atoms with Gasteiger partial charge in [-0.05, 0) is 67.8 Å². The van der Waals surface area contributed by atoms with Crippen LogP contribution in [-0.4, -0.2) is 28.2 Å². The lowest BCUT2D eigenvalue weighted by atomic mass is 9.68. The molecule has 1 aliphatic heterocycles. The van der Waals surface area contributed by atoms with Gasteiger partial charge in [-0.2, -0.15) is 0 Å². The SMILES string of the molecule is C=C(c1ccc(O)c2[nH]c(C3CC3)nc12)C(C)(C)C1CCCNC1. The predicted molar refractivity (Wildman–Crippen MR) is 98.1 cm³/mol. The number of benzene rings is 1. The van der Waals surface area contributed by atoms with Gasteiger partial charge < -0.3 is 15.4 Å². The number of aromatic amines is 1. The number of hydrogen-bond donors (Lipinski definition) is 3. The van der Waals surface area contributed by atoms with Gasteiger partial charge in [0.1, 0.15) is 17.1 Å². The van der Waals surface area contributed by atoms with Gasteiger partial charge in [-0.3, -0.25) is 0 Å². The third-order valence-corrected chi connectivity index (χ3v) is 6.03. The predicted octanol–water partition coefficient (Wildman–Crippen LogP) is 4.18. The van der Waals surface area contributed by atoms with Crippen molar-refractivity contribution >= 4 is 16.6 Å². The number of phenols is 1. The van der Waals surface area contributed by atoms with Crippen molar-refractivity contribution in [2.45, 2.75) is 45.4 Å². The van der Waals surface area contributed by atoms with Crippen molar-refractivity contribution < 1.29 is 5.11 Å². The van der Waals surface area contributed by atoms with Gasteiger partial charge in [0.05, 0.1) is 5.52 Å². The summed E-state index contributed by atoms with van der Waals surface area (Å²) in [6.45, 7) is 11.2. The highest BCUT2D eigenvalue weighted by molar-refractivity contribution is 5.93. The van der Waals surface area contributed by atoms with Gasteiger partial charge >= 0.3 is 0 Å². The third-order valence-electron chi connectivity index (χ3n) is 6.03. The molecule has 0 amide bonds. The highest BCUT2D eigenvalue weighted by atomic mass is 16.3. The van der Waals surface area contributed by atoms with Gasteiger partial charge in [0.25, 0.3) is 0 Å². The van der Waals surface area contributed by atoms with Crippen LogP contribution in [0.2, 0.25) is 0 Å². The van der Waals surface area contributed by atoms with Crippen molar-refractivity contribution in [1.82, 2.24) is 15.3 Å². The van der Waals surface area contributed by atoms with Crippen LogP contribution in [0.25, 0.3) is 16.6 Å². The lowest BCUT2D eigenvalue weighted by Crippen LogP contribution is -2.38. The Hall–Kier alpha value is -1.81. The summed E-state index contributed by atoms with van der Waals surface area (Å²) in [6.07, 6.45) is 4.83. The summed E-state index contributed by atoms with van der Waals surface area (Å²) in [4.78, 5) is 8.16. The second-order valence-corrected chi connectivity index (χ2v) is 8.00. The van der Waals surface area contributed by atoms with Crippen molar-refractivity contribution in [2.75, 3.05) is 13.1 Å². The van der Waals surface area contributed by atoms with Crippen LogP contribution >= 0.6 is 0 Å². The van der Waals surface area contributed by atoms with E-state index in [9.17, 15) is 5.11 Å². The molecule has 0 spiro atoms. The molecule has 4 nitrogen and oxygen atoms in total. The van der Waals surface area contributed by atoms with Crippen molar-refractivity contribution in [3.05, 3.63) is 30.1 Å². The third kappa shape index (κ3) is 2.53. The smallest absolute Gasteiger partial charge is 0.141 e. The molecular formula is C20H27N3O. The first-order chi connectivity index (χ1) is 11.5. The van der Waals surface area contributed by atoms with E-state index in [1.165, 1.54) is 25.7 Å². The summed E-state index contributed by atoms with van der Waals surface area (Å²) < 4.78 is 0. The second kappa shape index (κ2) is 5.62. The zero-order valence-corrected chi connectivity index (χ0v) is 14.7. The Kier molecular flexibility index (Phi) is 3.68. The molecule has 128 valence electrons. The molecule has 2 heterocycles. The zero-order valence-electron chi connectivity index (χ0n) is 14.7. The minimum Gasteiger partial charge on any atom is -0.506 e. The Balaban J connectivity index is 1.74. The molecule has 0 radical (unpaired) electrons. The molecule has 1 unspecified atom stereocenters. The molecule has 4 rings (SSSR count). The van der Waals surface area contributed by atoms with Crippen LogP contribution < -0.4 is 5.32 Å². The van der Waals surface area contributed by atoms with E-state index >= 15 is 0 Å². The molecule has 2 aliphatic rings. The topological polar surface area (TPSA) is 60.9 Å². The lowest BCUT2D eigenvalue weighted by Gasteiger charge is -2.39. The fourth-order valence-corrected chi connectivity index (χ4v) is 3.95. The number of fused-ring (bicyclic) bond motifs is 1. The lowest BCUT2D eigenvalue weighted by molar-refractivity contribution is 0.236. The van der Waals surface area contributed by atoms with E-state index in [0.717, 1.165) is 41.1 Å². The van der Waals surface area contributed by atoms with E-state index in [2.05, 4.69) is 30.7 Å². The summed E-state index contributed by atoms with van der Waals surface area (Å²) in [5.41, 5.74) is 3.82. The quantitative estimate of drug-likeness (QED) is 0.790. The Morgan fingerprint density at radius 1 is 1.29 bits per heavy atom. The van der Waals surface area contributed by atoms with Crippen LogP contribution in [0.5, 0.6) is 5.75 Å². The Bertz CT molecular complexity index is 780. The first kappa shape index (κ1) is 15.7. The van der Waals surface area contributed by atoms with E-state index in [1.807, 2.05) is 6.07 Å². The maximum atomic E-state index is 10.2. The number of imidazole rings is 1.